The Kier molecular flexibility index (Phi) is 3.83. The van der Waals surface area contributed by atoms with Crippen LogP contribution in [-0.4, -0.2) is 0 Å². The number of ether oxygens (including phenoxy) is 2. The molecule has 0 unspecified atom stereocenters. The van der Waals surface area contributed by atoms with Crippen LogP contribution in [0, 0.1) is 5.82 Å². The van der Waals surface area contributed by atoms with Crippen LogP contribution in [0.25, 0.3) is 0 Å². The molecule has 0 aliphatic carbocycles. The molecule has 0 aliphatic rings. The summed E-state index contributed by atoms with van der Waals surface area (Å²) in [6, 6.07) is 22.7. The van der Waals surface area contributed by atoms with Gasteiger partial charge >= 0.3 is 0 Å². The van der Waals surface area contributed by atoms with E-state index in [1.807, 2.05) is 42.5 Å². The monoisotopic (exact) mass is 280 g/mol. The first-order chi connectivity index (χ1) is 10.3. The molecule has 3 heteroatoms. The fourth-order valence-corrected chi connectivity index (χ4v) is 1.89. The van der Waals surface area contributed by atoms with Gasteiger partial charge in [-0.25, -0.2) is 4.39 Å². The van der Waals surface area contributed by atoms with Crippen molar-refractivity contribution in [1.82, 2.24) is 0 Å². The van der Waals surface area contributed by atoms with Crippen molar-refractivity contribution in [3.05, 3.63) is 84.7 Å². The van der Waals surface area contributed by atoms with Crippen molar-refractivity contribution in [2.45, 2.75) is 0 Å². The molecule has 0 radical (unpaired) electrons. The van der Waals surface area contributed by atoms with Crippen LogP contribution < -0.4 is 9.47 Å². The highest BCUT2D eigenvalue weighted by Crippen LogP contribution is 2.28. The van der Waals surface area contributed by atoms with Gasteiger partial charge in [-0.3, -0.25) is 0 Å². The van der Waals surface area contributed by atoms with E-state index >= 15 is 0 Å². The first-order valence-electron chi connectivity index (χ1n) is 6.56. The van der Waals surface area contributed by atoms with E-state index in [0.717, 1.165) is 5.75 Å². The third kappa shape index (κ3) is 3.60. The molecule has 0 aromatic heterocycles. The van der Waals surface area contributed by atoms with Crippen LogP contribution in [-0.2, 0) is 0 Å². The Balaban J connectivity index is 1.77. The summed E-state index contributed by atoms with van der Waals surface area (Å²) in [5, 5.41) is 0. The molecule has 0 amide bonds. The zero-order chi connectivity index (χ0) is 14.5. The Labute approximate surface area is 122 Å². The van der Waals surface area contributed by atoms with Gasteiger partial charge in [-0.2, -0.15) is 0 Å². The summed E-state index contributed by atoms with van der Waals surface area (Å²) in [6.45, 7) is 0. The second kappa shape index (κ2) is 6.09. The maximum Gasteiger partial charge on any atom is 0.131 e. The summed E-state index contributed by atoms with van der Waals surface area (Å²) in [5.41, 5.74) is 0. The molecule has 0 fully saturated rings. The van der Waals surface area contributed by atoms with Gasteiger partial charge in [0, 0.05) is 12.1 Å². The molecule has 3 rings (SSSR count). The van der Waals surface area contributed by atoms with E-state index in [-0.39, 0.29) is 5.82 Å². The molecular formula is C18H13FO2. The van der Waals surface area contributed by atoms with E-state index < -0.39 is 0 Å². The number of hydrogen-bond donors (Lipinski definition) is 0. The van der Waals surface area contributed by atoms with Crippen LogP contribution in [0.3, 0.4) is 0 Å². The molecule has 0 atom stereocenters. The Bertz CT molecular complexity index is 726. The first kappa shape index (κ1) is 13.2. The smallest absolute Gasteiger partial charge is 0.131 e. The standard InChI is InChI=1S/C18H13FO2/c19-14-6-4-9-16(12-14)21-18-11-5-10-17(13-18)20-15-7-2-1-3-8-15/h1-13H. The van der Waals surface area contributed by atoms with E-state index in [1.54, 1.807) is 24.3 Å². The third-order valence-electron chi connectivity index (χ3n) is 2.82. The lowest BCUT2D eigenvalue weighted by Gasteiger charge is -2.09. The molecule has 3 aromatic rings. The normalized spacial score (nSPS) is 10.1. The summed E-state index contributed by atoms with van der Waals surface area (Å²) in [4.78, 5) is 0. The van der Waals surface area contributed by atoms with Gasteiger partial charge in [-0.05, 0) is 36.4 Å². The number of hydrogen-bond acceptors (Lipinski definition) is 2. The highest BCUT2D eigenvalue weighted by atomic mass is 19.1. The fourth-order valence-electron chi connectivity index (χ4n) is 1.89. The zero-order valence-corrected chi connectivity index (χ0v) is 11.2. The lowest BCUT2D eigenvalue weighted by molar-refractivity contribution is 0.458. The van der Waals surface area contributed by atoms with Crippen molar-refractivity contribution < 1.29 is 13.9 Å². The van der Waals surface area contributed by atoms with Crippen LogP contribution in [0.5, 0.6) is 23.0 Å². The van der Waals surface area contributed by atoms with E-state index in [0.29, 0.717) is 17.2 Å². The quantitative estimate of drug-likeness (QED) is 0.636. The summed E-state index contributed by atoms with van der Waals surface area (Å²) in [5.74, 6) is 2.13. The third-order valence-corrected chi connectivity index (χ3v) is 2.82. The van der Waals surface area contributed by atoms with Gasteiger partial charge < -0.3 is 9.47 Å². The molecule has 2 nitrogen and oxygen atoms in total. The van der Waals surface area contributed by atoms with Gasteiger partial charge in [0.1, 0.15) is 28.8 Å². The average Bonchev–Trinajstić information content (AvgIpc) is 2.49. The predicted molar refractivity (Wildman–Crippen MR) is 79.4 cm³/mol. The molecular weight excluding hydrogens is 267 g/mol. The van der Waals surface area contributed by atoms with Crippen molar-refractivity contribution >= 4 is 0 Å². The molecule has 3 aromatic carbocycles. The lowest BCUT2D eigenvalue weighted by atomic mass is 10.3. The minimum atomic E-state index is -0.329. The largest absolute Gasteiger partial charge is 0.457 e. The lowest BCUT2D eigenvalue weighted by Crippen LogP contribution is -1.87. The number of para-hydroxylation sites is 1. The molecule has 0 N–H and O–H groups in total. The van der Waals surface area contributed by atoms with Crippen molar-refractivity contribution in [3.63, 3.8) is 0 Å². The summed E-state index contributed by atoms with van der Waals surface area (Å²) >= 11 is 0. The summed E-state index contributed by atoms with van der Waals surface area (Å²) in [7, 11) is 0. The SMILES string of the molecule is Fc1cccc(Oc2cccc(Oc3ccccc3)c2)c1. The summed E-state index contributed by atoms with van der Waals surface area (Å²) in [6.07, 6.45) is 0. The van der Waals surface area contributed by atoms with E-state index in [9.17, 15) is 4.39 Å². The zero-order valence-electron chi connectivity index (χ0n) is 11.2. The van der Waals surface area contributed by atoms with E-state index in [4.69, 9.17) is 9.47 Å². The van der Waals surface area contributed by atoms with Crippen molar-refractivity contribution in [1.29, 1.82) is 0 Å². The second-order valence-corrected chi connectivity index (χ2v) is 4.45. The van der Waals surface area contributed by atoms with Crippen LogP contribution in [0.4, 0.5) is 4.39 Å². The highest BCUT2D eigenvalue weighted by Gasteiger charge is 2.02. The van der Waals surface area contributed by atoms with Gasteiger partial charge in [0.25, 0.3) is 0 Å². The minimum absolute atomic E-state index is 0.329. The van der Waals surface area contributed by atoms with Crippen LogP contribution in [0.1, 0.15) is 0 Å². The molecule has 0 aliphatic heterocycles. The molecule has 0 saturated heterocycles. The molecule has 21 heavy (non-hydrogen) atoms. The van der Waals surface area contributed by atoms with Crippen molar-refractivity contribution in [3.8, 4) is 23.0 Å². The van der Waals surface area contributed by atoms with Gasteiger partial charge in [0.15, 0.2) is 0 Å². The Morgan fingerprint density at radius 1 is 0.524 bits per heavy atom. The molecule has 0 heterocycles. The summed E-state index contributed by atoms with van der Waals surface area (Å²) < 4.78 is 24.5. The van der Waals surface area contributed by atoms with E-state index in [2.05, 4.69) is 0 Å². The minimum Gasteiger partial charge on any atom is -0.457 e. The number of halogens is 1. The maximum absolute atomic E-state index is 13.1. The molecule has 0 saturated carbocycles. The van der Waals surface area contributed by atoms with Crippen LogP contribution in [0.2, 0.25) is 0 Å². The molecule has 104 valence electrons. The van der Waals surface area contributed by atoms with Crippen LogP contribution >= 0.6 is 0 Å². The van der Waals surface area contributed by atoms with E-state index in [1.165, 1.54) is 12.1 Å². The van der Waals surface area contributed by atoms with Gasteiger partial charge in [0.05, 0.1) is 0 Å². The maximum atomic E-state index is 13.1. The second-order valence-electron chi connectivity index (χ2n) is 4.45. The van der Waals surface area contributed by atoms with Crippen LogP contribution in [0.15, 0.2) is 78.9 Å². The Morgan fingerprint density at radius 2 is 1.05 bits per heavy atom. The van der Waals surface area contributed by atoms with Gasteiger partial charge in [-0.15, -0.1) is 0 Å². The van der Waals surface area contributed by atoms with Crippen molar-refractivity contribution in [2.24, 2.45) is 0 Å². The predicted octanol–water partition coefficient (Wildman–Crippen LogP) is 5.41. The van der Waals surface area contributed by atoms with Gasteiger partial charge in [-0.1, -0.05) is 30.3 Å². The Hall–Kier alpha value is -2.81. The van der Waals surface area contributed by atoms with Gasteiger partial charge in [0.2, 0.25) is 0 Å². The van der Waals surface area contributed by atoms with Crippen molar-refractivity contribution in [2.75, 3.05) is 0 Å². The molecule has 0 bridgehead atoms. The average molecular weight is 280 g/mol. The topological polar surface area (TPSA) is 18.5 Å². The number of rotatable bonds is 4. The molecule has 0 spiro atoms. The number of benzene rings is 3. The fraction of sp³-hybridized carbons (Fsp3) is 0. The highest BCUT2D eigenvalue weighted by molar-refractivity contribution is 5.39. The Morgan fingerprint density at radius 3 is 1.71 bits per heavy atom. The first-order valence-corrected chi connectivity index (χ1v) is 6.56.